The van der Waals surface area contributed by atoms with Gasteiger partial charge in [-0.3, -0.25) is 0 Å². The molecule has 1 aromatic carbocycles. The molecule has 7 atom stereocenters. The zero-order valence-electron chi connectivity index (χ0n) is 15.9. The Bertz CT molecular complexity index is 756. The maximum absolute atomic E-state index is 11.3. The molecule has 3 aliphatic rings. The molecule has 0 radical (unpaired) electrons. The van der Waals surface area contributed by atoms with E-state index in [2.05, 4.69) is 38.1 Å². The van der Waals surface area contributed by atoms with Crippen molar-refractivity contribution in [2.45, 2.75) is 63.6 Å². The fourth-order valence-corrected chi connectivity index (χ4v) is 6.77. The molecular formula is C22H29NO3. The SMILES string of the molecule is COc1ccc2c(c1)CC[C@@H]1[C@@H]2[C@@H](C)C[C@@]2(C)[C@H]1C[C@@H](O)[C@@]2(O)CC#N. The summed E-state index contributed by atoms with van der Waals surface area (Å²) in [6, 6.07) is 8.57. The van der Waals surface area contributed by atoms with Gasteiger partial charge in [0.05, 0.1) is 25.7 Å². The highest BCUT2D eigenvalue weighted by molar-refractivity contribution is 5.41. The molecule has 3 aliphatic carbocycles. The number of hydrogen-bond acceptors (Lipinski definition) is 4. The number of nitriles is 1. The Balaban J connectivity index is 1.75. The summed E-state index contributed by atoms with van der Waals surface area (Å²) in [6.07, 6.45) is 2.75. The Morgan fingerprint density at radius 3 is 2.85 bits per heavy atom. The third-order valence-electron chi connectivity index (χ3n) is 7.98. The molecule has 1 aromatic rings. The number of aliphatic hydroxyl groups excluding tert-OH is 1. The molecule has 26 heavy (non-hydrogen) atoms. The molecule has 2 N–H and O–H groups in total. The summed E-state index contributed by atoms with van der Waals surface area (Å²) in [5, 5.41) is 31.3. The Morgan fingerprint density at radius 2 is 2.15 bits per heavy atom. The van der Waals surface area contributed by atoms with Crippen LogP contribution in [0.2, 0.25) is 0 Å². The number of hydrogen-bond donors (Lipinski definition) is 2. The molecule has 0 aliphatic heterocycles. The molecule has 0 amide bonds. The predicted molar refractivity (Wildman–Crippen MR) is 98.7 cm³/mol. The normalized spacial score (nSPS) is 43.8. The second-order valence-electron chi connectivity index (χ2n) is 9.01. The van der Waals surface area contributed by atoms with E-state index in [0.717, 1.165) is 25.0 Å². The van der Waals surface area contributed by atoms with Crippen molar-refractivity contribution in [3.8, 4) is 11.8 Å². The fraction of sp³-hybridized carbons (Fsp3) is 0.682. The largest absolute Gasteiger partial charge is 0.497 e. The number of fused-ring (bicyclic) bond motifs is 5. The van der Waals surface area contributed by atoms with Crippen LogP contribution < -0.4 is 4.74 Å². The van der Waals surface area contributed by atoms with E-state index < -0.39 is 17.1 Å². The molecule has 0 saturated heterocycles. The molecule has 0 heterocycles. The predicted octanol–water partition coefficient (Wildman–Crippen LogP) is 3.41. The highest BCUT2D eigenvalue weighted by Gasteiger charge is 2.66. The summed E-state index contributed by atoms with van der Waals surface area (Å²) < 4.78 is 5.40. The topological polar surface area (TPSA) is 73.5 Å². The van der Waals surface area contributed by atoms with E-state index in [4.69, 9.17) is 4.74 Å². The van der Waals surface area contributed by atoms with Crippen LogP contribution in [0, 0.1) is 34.5 Å². The van der Waals surface area contributed by atoms with E-state index in [1.165, 1.54) is 11.1 Å². The van der Waals surface area contributed by atoms with Crippen LogP contribution in [-0.4, -0.2) is 29.0 Å². The van der Waals surface area contributed by atoms with Crippen LogP contribution in [0.3, 0.4) is 0 Å². The summed E-state index contributed by atoms with van der Waals surface area (Å²) in [6.45, 7) is 4.39. The molecule has 4 nitrogen and oxygen atoms in total. The summed E-state index contributed by atoms with van der Waals surface area (Å²) in [4.78, 5) is 0. The average molecular weight is 355 g/mol. The van der Waals surface area contributed by atoms with E-state index in [9.17, 15) is 15.5 Å². The van der Waals surface area contributed by atoms with Crippen molar-refractivity contribution in [2.24, 2.45) is 23.2 Å². The number of benzene rings is 1. The van der Waals surface area contributed by atoms with Crippen LogP contribution >= 0.6 is 0 Å². The molecule has 4 rings (SSSR count). The zero-order valence-corrected chi connectivity index (χ0v) is 15.9. The van der Waals surface area contributed by atoms with Gasteiger partial charge in [0.2, 0.25) is 0 Å². The highest BCUT2D eigenvalue weighted by atomic mass is 16.5. The van der Waals surface area contributed by atoms with Crippen molar-refractivity contribution >= 4 is 0 Å². The number of aliphatic hydroxyl groups is 2. The lowest BCUT2D eigenvalue weighted by Crippen LogP contribution is -2.55. The van der Waals surface area contributed by atoms with Gasteiger partial charge in [0.1, 0.15) is 11.4 Å². The molecule has 2 fully saturated rings. The maximum atomic E-state index is 11.3. The molecular weight excluding hydrogens is 326 g/mol. The molecule has 2 saturated carbocycles. The Morgan fingerprint density at radius 1 is 1.38 bits per heavy atom. The van der Waals surface area contributed by atoms with Crippen LogP contribution in [0.1, 0.15) is 56.6 Å². The van der Waals surface area contributed by atoms with Crippen molar-refractivity contribution in [2.75, 3.05) is 7.11 Å². The fourth-order valence-electron chi connectivity index (χ4n) is 6.77. The maximum Gasteiger partial charge on any atom is 0.119 e. The third kappa shape index (κ3) is 2.20. The highest BCUT2D eigenvalue weighted by Crippen LogP contribution is 2.66. The zero-order chi connectivity index (χ0) is 18.7. The summed E-state index contributed by atoms with van der Waals surface area (Å²) >= 11 is 0. The lowest BCUT2D eigenvalue weighted by atomic mass is 9.50. The number of aryl methyl sites for hydroxylation is 1. The summed E-state index contributed by atoms with van der Waals surface area (Å²) in [5.41, 5.74) is 1.12. The van der Waals surface area contributed by atoms with Gasteiger partial charge < -0.3 is 14.9 Å². The van der Waals surface area contributed by atoms with Crippen LogP contribution in [0.4, 0.5) is 0 Å². The van der Waals surface area contributed by atoms with Gasteiger partial charge in [-0.2, -0.15) is 5.26 Å². The van der Waals surface area contributed by atoms with Gasteiger partial charge in [0.25, 0.3) is 0 Å². The van der Waals surface area contributed by atoms with E-state index in [1.807, 2.05) is 0 Å². The Labute approximate surface area is 155 Å². The smallest absolute Gasteiger partial charge is 0.119 e. The molecule has 0 unspecified atom stereocenters. The first-order chi connectivity index (χ1) is 12.4. The average Bonchev–Trinajstić information content (AvgIpc) is 2.81. The second-order valence-corrected chi connectivity index (χ2v) is 9.01. The molecule has 0 aromatic heterocycles. The lowest BCUT2D eigenvalue weighted by Gasteiger charge is -2.55. The van der Waals surface area contributed by atoms with Gasteiger partial charge in [0, 0.05) is 5.41 Å². The summed E-state index contributed by atoms with van der Waals surface area (Å²) in [5.74, 6) is 2.48. The number of methoxy groups -OCH3 is 1. The van der Waals surface area contributed by atoms with Gasteiger partial charge in [-0.05, 0) is 72.6 Å². The van der Waals surface area contributed by atoms with Crippen molar-refractivity contribution in [1.82, 2.24) is 0 Å². The van der Waals surface area contributed by atoms with Crippen molar-refractivity contribution < 1.29 is 14.9 Å². The molecule has 4 heteroatoms. The first kappa shape index (κ1) is 17.8. The van der Waals surface area contributed by atoms with Gasteiger partial charge in [0.15, 0.2) is 0 Å². The van der Waals surface area contributed by atoms with Crippen LogP contribution in [0.25, 0.3) is 0 Å². The number of nitrogens with zero attached hydrogens (tertiary/aromatic N) is 1. The first-order valence-corrected chi connectivity index (χ1v) is 9.80. The number of rotatable bonds is 2. The first-order valence-electron chi connectivity index (χ1n) is 9.80. The van der Waals surface area contributed by atoms with Gasteiger partial charge in [-0.1, -0.05) is 19.9 Å². The van der Waals surface area contributed by atoms with Crippen molar-refractivity contribution in [1.29, 1.82) is 5.26 Å². The lowest BCUT2D eigenvalue weighted by molar-refractivity contribution is -0.146. The van der Waals surface area contributed by atoms with Crippen molar-refractivity contribution in [3.05, 3.63) is 29.3 Å². The Hall–Kier alpha value is -1.57. The van der Waals surface area contributed by atoms with E-state index in [-0.39, 0.29) is 12.3 Å². The number of ether oxygens (including phenoxy) is 1. The standard InChI is InChI=1S/C22H29NO3/c1-13-12-21(2)18(11-19(24)22(21,25)8-9-23)17-6-4-14-10-15(26-3)5-7-16(14)20(13)17/h5,7,10,13,17-20,24-25H,4,6,8,11-12H2,1-3H3/t13-,17-,18-,19+,20+,21-,22-/m0/s1. The van der Waals surface area contributed by atoms with Gasteiger partial charge >= 0.3 is 0 Å². The molecule has 0 bridgehead atoms. The van der Waals surface area contributed by atoms with E-state index in [0.29, 0.717) is 24.2 Å². The molecule has 140 valence electrons. The minimum Gasteiger partial charge on any atom is -0.497 e. The van der Waals surface area contributed by atoms with Crippen LogP contribution in [0.15, 0.2) is 18.2 Å². The van der Waals surface area contributed by atoms with Gasteiger partial charge in [-0.15, -0.1) is 0 Å². The van der Waals surface area contributed by atoms with Crippen molar-refractivity contribution in [3.63, 3.8) is 0 Å². The minimum atomic E-state index is -1.29. The van der Waals surface area contributed by atoms with Crippen LogP contribution in [0.5, 0.6) is 5.75 Å². The van der Waals surface area contributed by atoms with Gasteiger partial charge in [-0.25, -0.2) is 0 Å². The quantitative estimate of drug-likeness (QED) is 0.853. The Kier molecular flexibility index (Phi) is 4.09. The second kappa shape index (κ2) is 5.97. The minimum absolute atomic E-state index is 0.0130. The monoisotopic (exact) mass is 355 g/mol. The third-order valence-corrected chi connectivity index (χ3v) is 7.98. The van der Waals surface area contributed by atoms with E-state index in [1.54, 1.807) is 7.11 Å². The van der Waals surface area contributed by atoms with Crippen LogP contribution in [-0.2, 0) is 6.42 Å². The van der Waals surface area contributed by atoms with E-state index >= 15 is 0 Å². The molecule has 0 spiro atoms. The summed E-state index contributed by atoms with van der Waals surface area (Å²) in [7, 11) is 1.71.